The van der Waals surface area contributed by atoms with Gasteiger partial charge in [-0.3, -0.25) is 4.79 Å². The van der Waals surface area contributed by atoms with E-state index in [1.807, 2.05) is 59.6 Å². The van der Waals surface area contributed by atoms with E-state index in [2.05, 4.69) is 18.4 Å². The third kappa shape index (κ3) is 5.56. The van der Waals surface area contributed by atoms with Gasteiger partial charge >= 0.3 is 0 Å². The third-order valence-corrected chi connectivity index (χ3v) is 4.67. The van der Waals surface area contributed by atoms with Crippen molar-refractivity contribution in [1.29, 1.82) is 0 Å². The summed E-state index contributed by atoms with van der Waals surface area (Å²) in [6.45, 7) is 5.81. The number of rotatable bonds is 8. The third-order valence-electron chi connectivity index (χ3n) is 4.67. The first-order chi connectivity index (χ1) is 13.5. The molecule has 3 aromatic rings. The smallest absolute Gasteiger partial charge is 0.223 e. The molecule has 0 atom stereocenters. The maximum atomic E-state index is 13.5. The van der Waals surface area contributed by atoms with Crippen molar-refractivity contribution in [3.8, 4) is 0 Å². The molecule has 146 valence electrons. The van der Waals surface area contributed by atoms with Crippen LogP contribution in [0.15, 0.2) is 72.9 Å². The second-order valence-electron chi connectivity index (χ2n) is 7.59. The molecule has 1 aromatic heterocycles. The second-order valence-corrected chi connectivity index (χ2v) is 7.59. The Morgan fingerprint density at radius 1 is 0.964 bits per heavy atom. The number of nitrogens with zero attached hydrogens (tertiary/aromatic N) is 2. The number of hydrogen-bond acceptors (Lipinski definition) is 1. The molecule has 0 spiro atoms. The summed E-state index contributed by atoms with van der Waals surface area (Å²) in [4.78, 5) is 14.8. The SMILES string of the molecule is CC(C)CC(=O)N(Cc1ccccc1)Cc1cccn1Cc1cccc(F)c1. The molecule has 0 saturated carbocycles. The van der Waals surface area contributed by atoms with Crippen LogP contribution in [0.3, 0.4) is 0 Å². The first-order valence-electron chi connectivity index (χ1n) is 9.71. The van der Waals surface area contributed by atoms with Gasteiger partial charge in [-0.05, 0) is 41.3 Å². The monoisotopic (exact) mass is 378 g/mol. The van der Waals surface area contributed by atoms with Gasteiger partial charge in [-0.25, -0.2) is 4.39 Å². The van der Waals surface area contributed by atoms with Crippen LogP contribution in [-0.2, 0) is 24.4 Å². The lowest BCUT2D eigenvalue weighted by atomic mass is 10.1. The van der Waals surface area contributed by atoms with Gasteiger partial charge in [0.25, 0.3) is 0 Å². The standard InChI is InChI=1S/C24H27FN2O/c1-19(2)14-24(28)27(16-20-8-4-3-5-9-20)18-23-12-7-13-26(23)17-21-10-6-11-22(25)15-21/h3-13,15,19H,14,16-18H2,1-2H3. The summed E-state index contributed by atoms with van der Waals surface area (Å²) in [5.41, 5.74) is 3.06. The van der Waals surface area contributed by atoms with E-state index in [1.54, 1.807) is 12.1 Å². The van der Waals surface area contributed by atoms with E-state index in [1.165, 1.54) is 6.07 Å². The number of amides is 1. The van der Waals surface area contributed by atoms with Crippen LogP contribution in [0, 0.1) is 11.7 Å². The molecule has 0 aliphatic heterocycles. The van der Waals surface area contributed by atoms with E-state index in [0.717, 1.165) is 16.8 Å². The van der Waals surface area contributed by atoms with Crippen LogP contribution in [0.25, 0.3) is 0 Å². The molecule has 0 fully saturated rings. The quantitative estimate of drug-likeness (QED) is 0.525. The minimum Gasteiger partial charge on any atom is -0.345 e. The van der Waals surface area contributed by atoms with E-state index in [0.29, 0.717) is 32.0 Å². The zero-order valence-corrected chi connectivity index (χ0v) is 16.5. The highest BCUT2D eigenvalue weighted by atomic mass is 19.1. The predicted octanol–water partition coefficient (Wildman–Crippen LogP) is 5.25. The molecule has 0 N–H and O–H groups in total. The Morgan fingerprint density at radius 3 is 2.43 bits per heavy atom. The van der Waals surface area contributed by atoms with Gasteiger partial charge in [0, 0.05) is 31.4 Å². The van der Waals surface area contributed by atoms with E-state index in [9.17, 15) is 9.18 Å². The van der Waals surface area contributed by atoms with Gasteiger partial charge in [-0.1, -0.05) is 56.3 Å². The second kappa shape index (κ2) is 9.36. The zero-order valence-electron chi connectivity index (χ0n) is 16.5. The van der Waals surface area contributed by atoms with Crippen LogP contribution < -0.4 is 0 Å². The number of hydrogen-bond donors (Lipinski definition) is 0. The van der Waals surface area contributed by atoms with Crippen molar-refractivity contribution in [3.05, 3.63) is 95.6 Å². The Labute approximate surface area is 166 Å². The minimum absolute atomic E-state index is 0.150. The number of carbonyl (C=O) groups is 1. The average molecular weight is 378 g/mol. The Kier molecular flexibility index (Phi) is 6.64. The minimum atomic E-state index is -0.232. The number of halogens is 1. The van der Waals surface area contributed by atoms with Crippen molar-refractivity contribution in [2.45, 2.75) is 39.9 Å². The summed E-state index contributed by atoms with van der Waals surface area (Å²) >= 11 is 0. The first kappa shape index (κ1) is 19.9. The lowest BCUT2D eigenvalue weighted by molar-refractivity contribution is -0.133. The largest absolute Gasteiger partial charge is 0.345 e. The Bertz CT molecular complexity index is 902. The van der Waals surface area contributed by atoms with Crippen molar-refractivity contribution in [2.24, 2.45) is 5.92 Å². The van der Waals surface area contributed by atoms with Gasteiger partial charge in [0.1, 0.15) is 5.82 Å². The lowest BCUT2D eigenvalue weighted by Gasteiger charge is -2.25. The predicted molar refractivity (Wildman–Crippen MR) is 110 cm³/mol. The molecule has 3 nitrogen and oxygen atoms in total. The molecule has 0 saturated heterocycles. The molecular formula is C24H27FN2O. The molecule has 0 bridgehead atoms. The average Bonchev–Trinajstić information content (AvgIpc) is 3.08. The summed E-state index contributed by atoms with van der Waals surface area (Å²) in [6.07, 6.45) is 2.51. The van der Waals surface area contributed by atoms with E-state index >= 15 is 0 Å². The van der Waals surface area contributed by atoms with Gasteiger partial charge in [-0.2, -0.15) is 0 Å². The maximum Gasteiger partial charge on any atom is 0.223 e. The van der Waals surface area contributed by atoms with Crippen molar-refractivity contribution in [3.63, 3.8) is 0 Å². The molecule has 3 rings (SSSR count). The maximum absolute atomic E-state index is 13.5. The normalized spacial score (nSPS) is 11.0. The van der Waals surface area contributed by atoms with Crippen LogP contribution in [-0.4, -0.2) is 15.4 Å². The van der Waals surface area contributed by atoms with E-state index < -0.39 is 0 Å². The summed E-state index contributed by atoms with van der Waals surface area (Å²) in [6, 6.07) is 20.7. The van der Waals surface area contributed by atoms with Crippen LogP contribution >= 0.6 is 0 Å². The fraction of sp³-hybridized carbons (Fsp3) is 0.292. The summed E-state index contributed by atoms with van der Waals surface area (Å²) in [7, 11) is 0. The summed E-state index contributed by atoms with van der Waals surface area (Å²) < 4.78 is 15.6. The molecule has 0 radical (unpaired) electrons. The Morgan fingerprint density at radius 2 is 1.71 bits per heavy atom. The van der Waals surface area contributed by atoms with Crippen molar-refractivity contribution in [2.75, 3.05) is 0 Å². The molecular weight excluding hydrogens is 351 g/mol. The fourth-order valence-corrected chi connectivity index (χ4v) is 3.29. The molecule has 1 amide bonds. The first-order valence-corrected chi connectivity index (χ1v) is 9.71. The van der Waals surface area contributed by atoms with E-state index in [-0.39, 0.29) is 11.7 Å². The Balaban J connectivity index is 1.78. The van der Waals surface area contributed by atoms with E-state index in [4.69, 9.17) is 0 Å². The molecule has 0 aliphatic rings. The molecule has 28 heavy (non-hydrogen) atoms. The van der Waals surface area contributed by atoms with Gasteiger partial charge in [0.15, 0.2) is 0 Å². The van der Waals surface area contributed by atoms with Crippen LogP contribution in [0.5, 0.6) is 0 Å². The van der Waals surface area contributed by atoms with Gasteiger partial charge in [-0.15, -0.1) is 0 Å². The molecule has 0 aliphatic carbocycles. The summed E-state index contributed by atoms with van der Waals surface area (Å²) in [5, 5.41) is 0. The van der Waals surface area contributed by atoms with Gasteiger partial charge < -0.3 is 9.47 Å². The van der Waals surface area contributed by atoms with Crippen molar-refractivity contribution in [1.82, 2.24) is 9.47 Å². The molecule has 0 unspecified atom stereocenters. The highest BCUT2D eigenvalue weighted by Gasteiger charge is 2.17. The number of aromatic nitrogens is 1. The number of benzene rings is 2. The zero-order chi connectivity index (χ0) is 19.9. The van der Waals surface area contributed by atoms with Crippen LogP contribution in [0.4, 0.5) is 4.39 Å². The molecule has 4 heteroatoms. The highest BCUT2D eigenvalue weighted by molar-refractivity contribution is 5.76. The molecule has 1 heterocycles. The van der Waals surface area contributed by atoms with Crippen molar-refractivity contribution >= 4 is 5.91 Å². The number of carbonyl (C=O) groups excluding carboxylic acids is 1. The Hall–Kier alpha value is -2.88. The van der Waals surface area contributed by atoms with Crippen LogP contribution in [0.1, 0.15) is 37.1 Å². The highest BCUT2D eigenvalue weighted by Crippen LogP contribution is 2.16. The fourth-order valence-electron chi connectivity index (χ4n) is 3.29. The topological polar surface area (TPSA) is 25.2 Å². The van der Waals surface area contributed by atoms with Gasteiger partial charge in [0.2, 0.25) is 5.91 Å². The lowest BCUT2D eigenvalue weighted by Crippen LogP contribution is -2.31. The summed E-state index contributed by atoms with van der Waals surface area (Å²) in [5.74, 6) is 0.228. The molecule has 2 aromatic carbocycles. The van der Waals surface area contributed by atoms with Crippen LogP contribution in [0.2, 0.25) is 0 Å². The van der Waals surface area contributed by atoms with Gasteiger partial charge in [0.05, 0.1) is 6.54 Å². The van der Waals surface area contributed by atoms with Crippen molar-refractivity contribution < 1.29 is 9.18 Å².